The van der Waals surface area contributed by atoms with Gasteiger partial charge in [0.2, 0.25) is 0 Å². The number of hydrogen-bond donors (Lipinski definition) is 1. The van der Waals surface area contributed by atoms with Gasteiger partial charge >= 0.3 is 11.6 Å². The Morgan fingerprint density at radius 1 is 1.38 bits per heavy atom. The average molecular weight is 239 g/mol. The van der Waals surface area contributed by atoms with Crippen molar-refractivity contribution >= 4 is 28.5 Å². The zero-order valence-electron chi connectivity index (χ0n) is 8.07. The Balaban J connectivity index is 2.72. The molecular formula is C11H7ClO4. The van der Waals surface area contributed by atoms with Crippen molar-refractivity contribution in [2.75, 3.05) is 0 Å². The van der Waals surface area contributed by atoms with Crippen LogP contribution in [0.2, 0.25) is 5.02 Å². The van der Waals surface area contributed by atoms with Crippen LogP contribution in [0.4, 0.5) is 0 Å². The Morgan fingerprint density at radius 2 is 2.12 bits per heavy atom. The van der Waals surface area contributed by atoms with Crippen LogP contribution in [0, 0.1) is 0 Å². The molecule has 4 nitrogen and oxygen atoms in total. The quantitative estimate of drug-likeness (QED) is 0.814. The van der Waals surface area contributed by atoms with Crippen molar-refractivity contribution in [2.45, 2.75) is 6.42 Å². The fraction of sp³-hybridized carbons (Fsp3) is 0.0909. The number of fused-ring (bicyclic) bond motifs is 1. The Morgan fingerprint density at radius 3 is 2.81 bits per heavy atom. The molecule has 0 saturated heterocycles. The second-order valence-corrected chi connectivity index (χ2v) is 3.74. The number of rotatable bonds is 2. The maximum atomic E-state index is 11.2. The third-order valence-corrected chi connectivity index (χ3v) is 2.37. The normalized spacial score (nSPS) is 10.6. The second kappa shape index (κ2) is 3.98. The third-order valence-electron chi connectivity index (χ3n) is 2.13. The van der Waals surface area contributed by atoms with Crippen molar-refractivity contribution in [1.29, 1.82) is 0 Å². The molecule has 5 heteroatoms. The van der Waals surface area contributed by atoms with Gasteiger partial charge in [0.05, 0.1) is 6.42 Å². The van der Waals surface area contributed by atoms with E-state index in [2.05, 4.69) is 0 Å². The molecular weight excluding hydrogens is 232 g/mol. The van der Waals surface area contributed by atoms with Crippen molar-refractivity contribution in [1.82, 2.24) is 0 Å². The van der Waals surface area contributed by atoms with Crippen molar-refractivity contribution in [3.8, 4) is 0 Å². The molecule has 1 aromatic heterocycles. The molecule has 0 amide bonds. The first-order chi connectivity index (χ1) is 7.56. The predicted octanol–water partition coefficient (Wildman–Crippen LogP) is 2.07. The van der Waals surface area contributed by atoms with Crippen LogP contribution in [0.15, 0.2) is 33.5 Å². The Bertz CT molecular complexity index is 615. The van der Waals surface area contributed by atoms with E-state index in [9.17, 15) is 9.59 Å². The van der Waals surface area contributed by atoms with Gasteiger partial charge in [0.1, 0.15) is 5.58 Å². The number of carboxylic acid groups (broad SMARTS) is 1. The van der Waals surface area contributed by atoms with Gasteiger partial charge in [-0.15, -0.1) is 0 Å². The van der Waals surface area contributed by atoms with Crippen LogP contribution < -0.4 is 5.63 Å². The fourth-order valence-electron chi connectivity index (χ4n) is 1.51. The molecule has 0 fully saturated rings. The molecule has 0 atom stereocenters. The lowest BCUT2D eigenvalue weighted by molar-refractivity contribution is -0.136. The molecule has 0 saturated carbocycles. The van der Waals surface area contributed by atoms with Gasteiger partial charge in [-0.05, 0) is 17.7 Å². The zero-order chi connectivity index (χ0) is 11.7. The van der Waals surface area contributed by atoms with E-state index in [4.69, 9.17) is 21.1 Å². The summed E-state index contributed by atoms with van der Waals surface area (Å²) in [5.74, 6) is -0.998. The molecule has 0 aliphatic heterocycles. The standard InChI is InChI=1S/C11H7ClO4/c12-7-1-2-8-6(3-10(13)14)4-11(15)16-9(8)5-7/h1-2,4-5H,3H2,(H,13,14). The van der Waals surface area contributed by atoms with Crippen molar-refractivity contribution in [3.63, 3.8) is 0 Å². The molecule has 2 aromatic rings. The molecule has 0 spiro atoms. The molecule has 0 aliphatic carbocycles. The van der Waals surface area contributed by atoms with Crippen LogP contribution >= 0.6 is 11.6 Å². The third kappa shape index (κ3) is 2.06. The highest BCUT2D eigenvalue weighted by Gasteiger charge is 2.09. The fourth-order valence-corrected chi connectivity index (χ4v) is 1.68. The molecule has 2 rings (SSSR count). The molecule has 0 bridgehead atoms. The van der Waals surface area contributed by atoms with Gasteiger partial charge in [0.25, 0.3) is 0 Å². The highest BCUT2D eigenvalue weighted by Crippen LogP contribution is 2.21. The van der Waals surface area contributed by atoms with Gasteiger partial charge in [-0.25, -0.2) is 4.79 Å². The van der Waals surface area contributed by atoms with Crippen LogP contribution in [0.25, 0.3) is 11.0 Å². The highest BCUT2D eigenvalue weighted by molar-refractivity contribution is 6.31. The summed E-state index contributed by atoms with van der Waals surface area (Å²) < 4.78 is 4.93. The van der Waals surface area contributed by atoms with Gasteiger partial charge in [-0.1, -0.05) is 11.6 Å². The summed E-state index contributed by atoms with van der Waals surface area (Å²) >= 11 is 5.75. The van der Waals surface area contributed by atoms with Crippen LogP contribution in [0.5, 0.6) is 0 Å². The summed E-state index contributed by atoms with van der Waals surface area (Å²) in [5.41, 5.74) is 0.151. The number of halogens is 1. The number of benzene rings is 1. The monoisotopic (exact) mass is 238 g/mol. The summed E-state index contributed by atoms with van der Waals surface area (Å²) in [5, 5.41) is 9.74. The van der Waals surface area contributed by atoms with Crippen molar-refractivity contribution < 1.29 is 14.3 Å². The number of carbonyl (C=O) groups is 1. The summed E-state index contributed by atoms with van der Waals surface area (Å²) in [6.45, 7) is 0. The summed E-state index contributed by atoms with van der Waals surface area (Å²) in [6, 6.07) is 5.93. The maximum absolute atomic E-state index is 11.2. The first-order valence-corrected chi connectivity index (χ1v) is 4.88. The number of carboxylic acids is 1. The largest absolute Gasteiger partial charge is 0.481 e. The van der Waals surface area contributed by atoms with Gasteiger partial charge in [0.15, 0.2) is 0 Å². The Labute approximate surface area is 95.1 Å². The van der Waals surface area contributed by atoms with Crippen LogP contribution in [-0.4, -0.2) is 11.1 Å². The smallest absolute Gasteiger partial charge is 0.336 e. The molecule has 1 aromatic carbocycles. The summed E-state index contributed by atoms with van der Waals surface area (Å²) in [7, 11) is 0. The Kier molecular flexibility index (Phi) is 2.66. The van der Waals surface area contributed by atoms with Crippen LogP contribution in [0.1, 0.15) is 5.56 Å². The zero-order valence-corrected chi connectivity index (χ0v) is 8.82. The highest BCUT2D eigenvalue weighted by atomic mass is 35.5. The van der Waals surface area contributed by atoms with E-state index in [1.54, 1.807) is 12.1 Å². The predicted molar refractivity (Wildman–Crippen MR) is 58.8 cm³/mol. The summed E-state index contributed by atoms with van der Waals surface area (Å²) in [6.07, 6.45) is -0.219. The first-order valence-electron chi connectivity index (χ1n) is 4.50. The number of hydrogen-bond acceptors (Lipinski definition) is 3. The van der Waals surface area contributed by atoms with E-state index in [-0.39, 0.29) is 6.42 Å². The minimum Gasteiger partial charge on any atom is -0.481 e. The van der Waals surface area contributed by atoms with Crippen LogP contribution in [-0.2, 0) is 11.2 Å². The lowest BCUT2D eigenvalue weighted by atomic mass is 10.1. The van der Waals surface area contributed by atoms with Crippen molar-refractivity contribution in [2.24, 2.45) is 0 Å². The number of aliphatic carboxylic acids is 1. The molecule has 1 heterocycles. The SMILES string of the molecule is O=C(O)Cc1cc(=O)oc2cc(Cl)ccc12. The topological polar surface area (TPSA) is 67.5 Å². The minimum atomic E-state index is -0.998. The minimum absolute atomic E-state index is 0.219. The summed E-state index contributed by atoms with van der Waals surface area (Å²) in [4.78, 5) is 21.8. The molecule has 1 N–H and O–H groups in total. The van der Waals surface area contributed by atoms with E-state index >= 15 is 0 Å². The second-order valence-electron chi connectivity index (χ2n) is 3.30. The van der Waals surface area contributed by atoms with Gasteiger partial charge in [-0.2, -0.15) is 0 Å². The molecule has 16 heavy (non-hydrogen) atoms. The van der Waals surface area contributed by atoms with Gasteiger partial charge < -0.3 is 9.52 Å². The maximum Gasteiger partial charge on any atom is 0.336 e. The van der Waals surface area contributed by atoms with E-state index in [1.807, 2.05) is 0 Å². The molecule has 0 radical (unpaired) electrons. The molecule has 0 unspecified atom stereocenters. The van der Waals surface area contributed by atoms with E-state index in [0.29, 0.717) is 21.6 Å². The Hall–Kier alpha value is -1.81. The lowest BCUT2D eigenvalue weighted by Crippen LogP contribution is -2.06. The molecule has 0 aliphatic rings. The van der Waals surface area contributed by atoms with E-state index in [0.717, 1.165) is 0 Å². The van der Waals surface area contributed by atoms with Crippen molar-refractivity contribution in [3.05, 3.63) is 45.3 Å². The van der Waals surface area contributed by atoms with E-state index in [1.165, 1.54) is 12.1 Å². The van der Waals surface area contributed by atoms with Crippen LogP contribution in [0.3, 0.4) is 0 Å². The lowest BCUT2D eigenvalue weighted by Gasteiger charge is -2.02. The van der Waals surface area contributed by atoms with E-state index < -0.39 is 11.6 Å². The average Bonchev–Trinajstić information content (AvgIpc) is 2.15. The molecule has 82 valence electrons. The van der Waals surface area contributed by atoms with Gasteiger partial charge in [-0.3, -0.25) is 4.79 Å². The van der Waals surface area contributed by atoms with Gasteiger partial charge in [0, 0.05) is 22.5 Å². The first kappa shape index (κ1) is 10.7.